The maximum atomic E-state index is 10.9. The Bertz CT molecular complexity index is 625. The van der Waals surface area contributed by atoms with Crippen LogP contribution in [0.2, 0.25) is 0 Å². The molecule has 0 bridgehead atoms. The summed E-state index contributed by atoms with van der Waals surface area (Å²) in [6.07, 6.45) is 12.7. The molecule has 4 rings (SSSR count). The Balaban J connectivity index is 1.54. The molecule has 0 radical (unpaired) electrons. The van der Waals surface area contributed by atoms with Crippen LogP contribution >= 0.6 is 0 Å². The lowest BCUT2D eigenvalue weighted by molar-refractivity contribution is -0.306. The molecule has 0 aromatic carbocycles. The first kappa shape index (κ1) is 19.5. The Morgan fingerprint density at radius 2 is 2.00 bits per heavy atom. The molecule has 8 atom stereocenters. The van der Waals surface area contributed by atoms with E-state index in [2.05, 4.69) is 26.8 Å². The summed E-state index contributed by atoms with van der Waals surface area (Å²) >= 11 is 0. The van der Waals surface area contributed by atoms with E-state index in [4.69, 9.17) is 0 Å². The average Bonchev–Trinajstić information content (AvgIpc) is 2.97. The van der Waals surface area contributed by atoms with Crippen LogP contribution in [0.25, 0.3) is 0 Å². The second-order valence-corrected chi connectivity index (χ2v) is 10.8. The Morgan fingerprint density at radius 3 is 2.74 bits per heavy atom. The van der Waals surface area contributed by atoms with E-state index in [0.29, 0.717) is 22.7 Å². The molecule has 0 aromatic heterocycles. The zero-order valence-electron chi connectivity index (χ0n) is 17.4. The van der Waals surface area contributed by atoms with Crippen LogP contribution in [-0.4, -0.2) is 17.2 Å². The summed E-state index contributed by atoms with van der Waals surface area (Å²) in [7, 11) is 0. The van der Waals surface area contributed by atoms with Crippen LogP contribution in [0.4, 0.5) is 0 Å². The number of hydrogen-bond acceptors (Lipinski definition) is 3. The van der Waals surface area contributed by atoms with E-state index in [9.17, 15) is 15.0 Å². The van der Waals surface area contributed by atoms with Crippen LogP contribution in [0.15, 0.2) is 11.6 Å². The van der Waals surface area contributed by atoms with Gasteiger partial charge in [0, 0.05) is 5.97 Å². The average molecular weight is 374 g/mol. The number of fused-ring (bicyclic) bond motifs is 5. The fourth-order valence-corrected chi connectivity index (χ4v) is 8.16. The number of carboxylic acids is 1. The molecule has 3 saturated carbocycles. The number of carboxylic acid groups (broad SMARTS) is 1. The van der Waals surface area contributed by atoms with E-state index in [-0.39, 0.29) is 12.5 Å². The molecule has 4 aliphatic rings. The summed E-state index contributed by atoms with van der Waals surface area (Å²) in [5, 5.41) is 21.1. The number of aliphatic hydroxyl groups excluding tert-OH is 1. The van der Waals surface area contributed by atoms with Crippen molar-refractivity contribution in [1.82, 2.24) is 0 Å². The quantitative estimate of drug-likeness (QED) is 0.755. The maximum absolute atomic E-state index is 10.9. The van der Waals surface area contributed by atoms with E-state index < -0.39 is 5.97 Å². The molecule has 0 heterocycles. The van der Waals surface area contributed by atoms with Crippen molar-refractivity contribution in [2.24, 2.45) is 40.4 Å². The van der Waals surface area contributed by atoms with Crippen LogP contribution in [0.1, 0.15) is 85.0 Å². The van der Waals surface area contributed by atoms with Crippen molar-refractivity contribution in [3.63, 3.8) is 0 Å². The molecule has 0 aliphatic heterocycles. The highest BCUT2D eigenvalue weighted by Crippen LogP contribution is 2.67. The minimum absolute atomic E-state index is 0.129. The standard InChI is InChI=1S/C24H38O3/c1-15(4-9-22(26)27)19-7-8-20-18-6-5-16-14-17(25)10-12-23(16,2)21(18)11-13-24(19,20)3/h5,15,17-21,25H,4,6-14H2,1-3H3,(H,26,27)/p-1/t15-,17+,18-,19+,20+,21-,23+,24-/m1/s1. The number of rotatable bonds is 4. The lowest BCUT2D eigenvalue weighted by atomic mass is 9.47. The third-order valence-corrected chi connectivity index (χ3v) is 9.64. The molecule has 3 nitrogen and oxygen atoms in total. The van der Waals surface area contributed by atoms with E-state index in [1.54, 1.807) is 5.57 Å². The van der Waals surface area contributed by atoms with Gasteiger partial charge in [0.1, 0.15) is 0 Å². The summed E-state index contributed by atoms with van der Waals surface area (Å²) in [6.45, 7) is 7.28. The first-order valence-corrected chi connectivity index (χ1v) is 11.3. The third-order valence-electron chi connectivity index (χ3n) is 9.64. The number of hydrogen-bond donors (Lipinski definition) is 1. The monoisotopic (exact) mass is 373 g/mol. The number of aliphatic hydroxyl groups is 1. The van der Waals surface area contributed by atoms with Gasteiger partial charge in [-0.15, -0.1) is 0 Å². The predicted molar refractivity (Wildman–Crippen MR) is 105 cm³/mol. The van der Waals surface area contributed by atoms with Gasteiger partial charge < -0.3 is 15.0 Å². The predicted octanol–water partition coefficient (Wildman–Crippen LogP) is 4.09. The molecule has 0 aromatic rings. The maximum Gasteiger partial charge on any atom is 0.0577 e. The summed E-state index contributed by atoms with van der Waals surface area (Å²) < 4.78 is 0. The third kappa shape index (κ3) is 3.09. The van der Waals surface area contributed by atoms with Gasteiger partial charge in [-0.25, -0.2) is 0 Å². The fraction of sp³-hybridized carbons (Fsp3) is 0.875. The number of aliphatic carboxylic acids is 1. The van der Waals surface area contributed by atoms with Gasteiger partial charge in [-0.05, 0) is 105 Å². The minimum atomic E-state index is -0.900. The highest BCUT2D eigenvalue weighted by Gasteiger charge is 2.59. The molecular weight excluding hydrogens is 336 g/mol. The Labute approximate surface area is 164 Å². The summed E-state index contributed by atoms with van der Waals surface area (Å²) in [6, 6.07) is 0. The molecule has 3 heteroatoms. The Kier molecular flexibility index (Phi) is 4.98. The number of allylic oxidation sites excluding steroid dienone is 1. The lowest BCUT2D eigenvalue weighted by Crippen LogP contribution is -2.50. The van der Waals surface area contributed by atoms with Crippen molar-refractivity contribution < 1.29 is 15.0 Å². The van der Waals surface area contributed by atoms with Crippen molar-refractivity contribution in [3.8, 4) is 0 Å². The van der Waals surface area contributed by atoms with Crippen LogP contribution in [0.3, 0.4) is 0 Å². The molecule has 0 saturated heterocycles. The molecule has 152 valence electrons. The highest BCUT2D eigenvalue weighted by atomic mass is 16.4. The summed E-state index contributed by atoms with van der Waals surface area (Å²) in [5.74, 6) is 2.58. The molecule has 0 unspecified atom stereocenters. The van der Waals surface area contributed by atoms with Gasteiger partial charge >= 0.3 is 0 Å². The van der Waals surface area contributed by atoms with E-state index >= 15 is 0 Å². The lowest BCUT2D eigenvalue weighted by Gasteiger charge is -2.58. The second kappa shape index (κ2) is 6.90. The highest BCUT2D eigenvalue weighted by molar-refractivity contribution is 5.64. The van der Waals surface area contributed by atoms with E-state index in [1.807, 2.05) is 0 Å². The van der Waals surface area contributed by atoms with Crippen LogP contribution in [-0.2, 0) is 4.79 Å². The number of carbonyl (C=O) groups excluding carboxylic acids is 1. The Morgan fingerprint density at radius 1 is 1.22 bits per heavy atom. The van der Waals surface area contributed by atoms with Gasteiger partial charge in [-0.3, -0.25) is 0 Å². The topological polar surface area (TPSA) is 60.4 Å². The summed E-state index contributed by atoms with van der Waals surface area (Å²) in [5.41, 5.74) is 2.23. The normalized spacial score (nSPS) is 47.4. The molecule has 4 aliphatic carbocycles. The first-order chi connectivity index (χ1) is 12.8. The van der Waals surface area contributed by atoms with Crippen molar-refractivity contribution in [2.75, 3.05) is 0 Å². The van der Waals surface area contributed by atoms with Gasteiger partial charge in [0.05, 0.1) is 6.10 Å². The van der Waals surface area contributed by atoms with Crippen LogP contribution in [0.5, 0.6) is 0 Å². The van der Waals surface area contributed by atoms with E-state index in [0.717, 1.165) is 43.4 Å². The van der Waals surface area contributed by atoms with Gasteiger partial charge in [-0.2, -0.15) is 0 Å². The van der Waals surface area contributed by atoms with Crippen molar-refractivity contribution >= 4 is 5.97 Å². The SMILES string of the molecule is C[C@H](CCC(=O)[O-])[C@@H]1CC[C@H]2[C@H]3CC=C4C[C@@H](O)CC[C@]4(C)[C@@H]3CC[C@@]21C. The zero-order chi connectivity index (χ0) is 19.4. The van der Waals surface area contributed by atoms with E-state index in [1.165, 1.54) is 32.1 Å². The van der Waals surface area contributed by atoms with Crippen molar-refractivity contribution in [1.29, 1.82) is 0 Å². The molecule has 0 amide bonds. The largest absolute Gasteiger partial charge is 0.550 e. The second-order valence-electron chi connectivity index (χ2n) is 10.8. The molecule has 0 spiro atoms. The molecule has 1 N–H and O–H groups in total. The van der Waals surface area contributed by atoms with Gasteiger partial charge in [0.25, 0.3) is 0 Å². The first-order valence-electron chi connectivity index (χ1n) is 11.3. The summed E-state index contributed by atoms with van der Waals surface area (Å²) in [4.78, 5) is 10.9. The van der Waals surface area contributed by atoms with Crippen molar-refractivity contribution in [3.05, 3.63) is 11.6 Å². The van der Waals surface area contributed by atoms with Crippen molar-refractivity contribution in [2.45, 2.75) is 91.1 Å². The molecule has 27 heavy (non-hydrogen) atoms. The van der Waals surface area contributed by atoms with Crippen LogP contribution < -0.4 is 5.11 Å². The van der Waals surface area contributed by atoms with Gasteiger partial charge in [0.15, 0.2) is 0 Å². The fourth-order valence-electron chi connectivity index (χ4n) is 8.16. The minimum Gasteiger partial charge on any atom is -0.550 e. The Hall–Kier alpha value is -0.830. The number of carbonyl (C=O) groups is 1. The van der Waals surface area contributed by atoms with Crippen LogP contribution in [0, 0.1) is 40.4 Å². The zero-order valence-corrected chi connectivity index (χ0v) is 17.4. The molecular formula is C24H37O3-. The van der Waals surface area contributed by atoms with Gasteiger partial charge in [-0.1, -0.05) is 32.4 Å². The molecule has 3 fully saturated rings. The van der Waals surface area contributed by atoms with Gasteiger partial charge in [0.2, 0.25) is 0 Å². The smallest absolute Gasteiger partial charge is 0.0577 e.